The van der Waals surface area contributed by atoms with E-state index in [1.807, 2.05) is 13.0 Å². The number of hydrogen-bond donors (Lipinski definition) is 1. The topological polar surface area (TPSA) is 63.6 Å². The molecule has 116 valence electrons. The van der Waals surface area contributed by atoms with E-state index >= 15 is 0 Å². The van der Waals surface area contributed by atoms with Gasteiger partial charge in [-0.1, -0.05) is 0 Å². The molecular formula is C15H23N3O3. The summed E-state index contributed by atoms with van der Waals surface area (Å²) in [6.07, 6.45) is 0. The first-order valence-electron chi connectivity index (χ1n) is 7.26. The third kappa shape index (κ3) is 3.71. The number of aromatic nitrogens is 1. The van der Waals surface area contributed by atoms with Crippen LogP contribution in [0.2, 0.25) is 0 Å². The molecular weight excluding hydrogens is 270 g/mol. The van der Waals surface area contributed by atoms with Crippen molar-refractivity contribution < 1.29 is 9.53 Å². The molecule has 1 fully saturated rings. The zero-order valence-corrected chi connectivity index (χ0v) is 12.9. The van der Waals surface area contributed by atoms with Crippen molar-refractivity contribution >= 4 is 5.91 Å². The molecule has 0 atom stereocenters. The van der Waals surface area contributed by atoms with Crippen LogP contribution in [0.15, 0.2) is 10.9 Å². The molecule has 1 saturated heterocycles. The Morgan fingerprint density at radius 3 is 2.67 bits per heavy atom. The number of morpholine rings is 1. The van der Waals surface area contributed by atoms with E-state index in [9.17, 15) is 9.59 Å². The predicted octanol–water partition coefficient (Wildman–Crippen LogP) is 0.0641. The van der Waals surface area contributed by atoms with Crippen molar-refractivity contribution in [2.75, 3.05) is 39.4 Å². The molecule has 0 saturated carbocycles. The molecule has 0 unspecified atom stereocenters. The fourth-order valence-corrected chi connectivity index (χ4v) is 2.50. The summed E-state index contributed by atoms with van der Waals surface area (Å²) in [6, 6.07) is 1.86. The third-order valence-corrected chi connectivity index (χ3v) is 3.91. The minimum Gasteiger partial charge on any atom is -0.379 e. The average Bonchev–Trinajstić information content (AvgIpc) is 2.46. The number of hydrogen-bond acceptors (Lipinski definition) is 4. The van der Waals surface area contributed by atoms with Crippen LogP contribution in [0.1, 0.15) is 21.6 Å². The maximum atomic E-state index is 12.2. The van der Waals surface area contributed by atoms with Crippen molar-refractivity contribution in [3.05, 3.63) is 33.2 Å². The molecule has 1 aliphatic heterocycles. The Morgan fingerprint density at radius 1 is 1.33 bits per heavy atom. The lowest BCUT2D eigenvalue weighted by Crippen LogP contribution is -2.42. The molecule has 6 nitrogen and oxygen atoms in total. The Morgan fingerprint density at radius 2 is 2.00 bits per heavy atom. The van der Waals surface area contributed by atoms with E-state index in [-0.39, 0.29) is 17.0 Å². The van der Waals surface area contributed by atoms with Crippen molar-refractivity contribution in [2.45, 2.75) is 13.8 Å². The molecule has 2 rings (SSSR count). The number of nitrogens with zero attached hydrogens (tertiary/aromatic N) is 2. The second-order valence-electron chi connectivity index (χ2n) is 5.42. The summed E-state index contributed by atoms with van der Waals surface area (Å²) < 4.78 is 6.78. The van der Waals surface area contributed by atoms with Gasteiger partial charge in [0.05, 0.1) is 13.2 Å². The van der Waals surface area contributed by atoms with E-state index in [0.717, 1.165) is 44.1 Å². The lowest BCUT2D eigenvalue weighted by molar-refractivity contribution is 0.0383. The molecule has 0 aliphatic carbocycles. The van der Waals surface area contributed by atoms with E-state index in [2.05, 4.69) is 10.2 Å². The first-order valence-corrected chi connectivity index (χ1v) is 7.26. The average molecular weight is 293 g/mol. The highest BCUT2D eigenvalue weighted by Crippen LogP contribution is 2.05. The SMILES string of the molecule is Cc1cc(C)n(C)c(=O)c1C(=O)NCCN1CCOCC1. The summed E-state index contributed by atoms with van der Waals surface area (Å²) in [5, 5.41) is 2.84. The van der Waals surface area contributed by atoms with E-state index < -0.39 is 0 Å². The Bertz CT molecular complexity index is 574. The van der Waals surface area contributed by atoms with Crippen LogP contribution in [-0.4, -0.2) is 54.8 Å². The van der Waals surface area contributed by atoms with Gasteiger partial charge in [-0.2, -0.15) is 0 Å². The fourth-order valence-electron chi connectivity index (χ4n) is 2.50. The summed E-state index contributed by atoms with van der Waals surface area (Å²) in [4.78, 5) is 26.7. The summed E-state index contributed by atoms with van der Waals surface area (Å²) >= 11 is 0. The van der Waals surface area contributed by atoms with Gasteiger partial charge in [0.1, 0.15) is 5.56 Å². The Balaban J connectivity index is 1.97. The van der Waals surface area contributed by atoms with E-state index in [4.69, 9.17) is 4.74 Å². The normalized spacial score (nSPS) is 16.0. The predicted molar refractivity (Wildman–Crippen MR) is 80.7 cm³/mol. The number of nitrogens with one attached hydrogen (secondary N) is 1. The second kappa shape index (κ2) is 6.87. The molecule has 6 heteroatoms. The highest BCUT2D eigenvalue weighted by Gasteiger charge is 2.16. The van der Waals surface area contributed by atoms with Gasteiger partial charge in [0.15, 0.2) is 0 Å². The van der Waals surface area contributed by atoms with Gasteiger partial charge in [-0.25, -0.2) is 0 Å². The molecule has 1 aromatic heterocycles. The number of rotatable bonds is 4. The Kier molecular flexibility index (Phi) is 5.14. The quantitative estimate of drug-likeness (QED) is 0.853. The van der Waals surface area contributed by atoms with Crippen molar-refractivity contribution in [1.82, 2.24) is 14.8 Å². The van der Waals surface area contributed by atoms with Gasteiger partial charge in [0.25, 0.3) is 11.5 Å². The maximum Gasteiger partial charge on any atom is 0.263 e. The van der Waals surface area contributed by atoms with Gasteiger partial charge >= 0.3 is 0 Å². The van der Waals surface area contributed by atoms with Crippen LogP contribution in [0.25, 0.3) is 0 Å². The van der Waals surface area contributed by atoms with Crippen molar-refractivity contribution in [1.29, 1.82) is 0 Å². The lowest BCUT2D eigenvalue weighted by Gasteiger charge is -2.26. The number of carbonyl (C=O) groups is 1. The zero-order chi connectivity index (χ0) is 15.4. The number of aryl methyl sites for hydroxylation is 2. The molecule has 0 bridgehead atoms. The van der Waals surface area contributed by atoms with Crippen LogP contribution in [0, 0.1) is 13.8 Å². The summed E-state index contributed by atoms with van der Waals surface area (Å²) in [5.41, 5.74) is 1.57. The monoisotopic (exact) mass is 293 g/mol. The van der Waals surface area contributed by atoms with Crippen LogP contribution in [-0.2, 0) is 11.8 Å². The summed E-state index contributed by atoms with van der Waals surface area (Å²) in [6.45, 7) is 8.23. The highest BCUT2D eigenvalue weighted by atomic mass is 16.5. The Labute approximate surface area is 124 Å². The van der Waals surface area contributed by atoms with Gasteiger partial charge in [-0.05, 0) is 25.5 Å². The van der Waals surface area contributed by atoms with Crippen molar-refractivity contribution in [3.8, 4) is 0 Å². The smallest absolute Gasteiger partial charge is 0.263 e. The van der Waals surface area contributed by atoms with Gasteiger partial charge < -0.3 is 14.6 Å². The summed E-state index contributed by atoms with van der Waals surface area (Å²) in [5.74, 6) is -0.290. The Hall–Kier alpha value is -1.66. The maximum absolute atomic E-state index is 12.2. The van der Waals surface area contributed by atoms with Crippen molar-refractivity contribution in [3.63, 3.8) is 0 Å². The first kappa shape index (κ1) is 15.7. The molecule has 0 aromatic carbocycles. The van der Waals surface area contributed by atoms with Crippen LogP contribution in [0.4, 0.5) is 0 Å². The van der Waals surface area contributed by atoms with Crippen molar-refractivity contribution in [2.24, 2.45) is 7.05 Å². The van der Waals surface area contributed by atoms with E-state index in [0.29, 0.717) is 6.54 Å². The van der Waals surface area contributed by atoms with Gasteiger partial charge in [-0.3, -0.25) is 14.5 Å². The highest BCUT2D eigenvalue weighted by molar-refractivity contribution is 5.95. The molecule has 1 amide bonds. The minimum atomic E-state index is -0.290. The molecule has 0 spiro atoms. The number of amides is 1. The molecule has 1 aliphatic rings. The van der Waals surface area contributed by atoms with Gasteiger partial charge in [-0.15, -0.1) is 0 Å². The fraction of sp³-hybridized carbons (Fsp3) is 0.600. The standard InChI is InChI=1S/C15H23N3O3/c1-11-10-12(2)17(3)15(20)13(11)14(19)16-4-5-18-6-8-21-9-7-18/h10H,4-9H2,1-3H3,(H,16,19). The van der Waals surface area contributed by atoms with Gasteiger partial charge in [0, 0.05) is 38.9 Å². The molecule has 2 heterocycles. The van der Waals surface area contributed by atoms with E-state index in [1.54, 1.807) is 14.0 Å². The molecule has 1 aromatic rings. The second-order valence-corrected chi connectivity index (χ2v) is 5.42. The van der Waals surface area contributed by atoms with Crippen LogP contribution < -0.4 is 10.9 Å². The summed E-state index contributed by atoms with van der Waals surface area (Å²) in [7, 11) is 1.68. The van der Waals surface area contributed by atoms with E-state index in [1.165, 1.54) is 4.57 Å². The third-order valence-electron chi connectivity index (χ3n) is 3.91. The minimum absolute atomic E-state index is 0.239. The van der Waals surface area contributed by atoms with Crippen LogP contribution in [0.5, 0.6) is 0 Å². The number of ether oxygens (including phenoxy) is 1. The number of pyridine rings is 1. The lowest BCUT2D eigenvalue weighted by atomic mass is 10.1. The largest absolute Gasteiger partial charge is 0.379 e. The molecule has 1 N–H and O–H groups in total. The zero-order valence-electron chi connectivity index (χ0n) is 12.9. The first-order chi connectivity index (χ1) is 10.0. The molecule has 21 heavy (non-hydrogen) atoms. The number of carbonyl (C=O) groups excluding carboxylic acids is 1. The molecule has 0 radical (unpaired) electrons. The van der Waals surface area contributed by atoms with Crippen LogP contribution >= 0.6 is 0 Å². The van der Waals surface area contributed by atoms with Crippen LogP contribution in [0.3, 0.4) is 0 Å². The van der Waals surface area contributed by atoms with Gasteiger partial charge in [0.2, 0.25) is 0 Å².